The number of esters is 1. The Hall–Kier alpha value is -3.48. The highest BCUT2D eigenvalue weighted by Crippen LogP contribution is 2.27. The lowest BCUT2D eigenvalue weighted by atomic mass is 10.0. The van der Waals surface area contributed by atoms with Crippen LogP contribution in [0, 0.1) is 0 Å². The highest BCUT2D eigenvalue weighted by Gasteiger charge is 2.28. The van der Waals surface area contributed by atoms with E-state index in [0.717, 1.165) is 29.7 Å². The number of hydrogen-bond donors (Lipinski definition) is 0. The number of rotatable bonds is 5. The Labute approximate surface area is 168 Å². The maximum Gasteiger partial charge on any atom is 0.338 e. The van der Waals surface area contributed by atoms with Crippen molar-refractivity contribution in [1.29, 1.82) is 0 Å². The fraction of sp³-hybridized carbons (Fsp3) is 0.273. The standard InChI is InChI=1S/C22H22N4O3/c1-16(21(27)26-12-4-6-18-5-2-3-7-20(18)26)29-22(28)19-10-8-17(9-11-19)13-25-15-23-14-24-25/h2-3,5,7-11,14-16H,4,6,12-13H2,1H3. The fourth-order valence-corrected chi connectivity index (χ4v) is 3.51. The second-order valence-corrected chi connectivity index (χ2v) is 7.06. The smallest absolute Gasteiger partial charge is 0.338 e. The molecule has 0 fully saturated rings. The normalized spacial score (nSPS) is 14.2. The summed E-state index contributed by atoms with van der Waals surface area (Å²) in [5, 5.41) is 4.06. The Bertz CT molecular complexity index is 999. The molecule has 0 aliphatic carbocycles. The number of anilines is 1. The molecule has 0 spiro atoms. The molecular formula is C22H22N4O3. The van der Waals surface area contributed by atoms with Gasteiger partial charge in [0.15, 0.2) is 6.10 Å². The van der Waals surface area contributed by atoms with Gasteiger partial charge in [0.2, 0.25) is 0 Å². The molecule has 0 radical (unpaired) electrons. The Kier molecular flexibility index (Phi) is 5.37. The number of aryl methyl sites for hydroxylation is 1. The Morgan fingerprint density at radius 1 is 1.14 bits per heavy atom. The van der Waals surface area contributed by atoms with Gasteiger partial charge < -0.3 is 9.64 Å². The van der Waals surface area contributed by atoms with Crippen LogP contribution in [0.4, 0.5) is 5.69 Å². The van der Waals surface area contributed by atoms with Crippen LogP contribution in [0.1, 0.15) is 34.8 Å². The average Bonchev–Trinajstić information content (AvgIpc) is 3.26. The van der Waals surface area contributed by atoms with E-state index in [-0.39, 0.29) is 5.91 Å². The molecule has 2 heterocycles. The molecule has 0 bridgehead atoms. The average molecular weight is 390 g/mol. The molecule has 1 aromatic heterocycles. The first-order valence-electron chi connectivity index (χ1n) is 9.63. The van der Waals surface area contributed by atoms with Crippen LogP contribution in [0.2, 0.25) is 0 Å². The molecule has 1 aliphatic heterocycles. The van der Waals surface area contributed by atoms with Crippen molar-refractivity contribution in [1.82, 2.24) is 14.8 Å². The van der Waals surface area contributed by atoms with Crippen LogP contribution in [0.5, 0.6) is 0 Å². The van der Waals surface area contributed by atoms with E-state index in [9.17, 15) is 9.59 Å². The highest BCUT2D eigenvalue weighted by molar-refractivity contribution is 5.99. The van der Waals surface area contributed by atoms with Crippen molar-refractivity contribution in [2.75, 3.05) is 11.4 Å². The summed E-state index contributed by atoms with van der Waals surface area (Å²) in [6.07, 6.45) is 4.11. The second kappa shape index (κ2) is 8.26. The lowest BCUT2D eigenvalue weighted by Crippen LogP contribution is -2.42. The van der Waals surface area contributed by atoms with E-state index in [2.05, 4.69) is 10.1 Å². The largest absolute Gasteiger partial charge is 0.449 e. The number of benzene rings is 2. The van der Waals surface area contributed by atoms with Gasteiger partial charge in [0.25, 0.3) is 5.91 Å². The monoisotopic (exact) mass is 390 g/mol. The lowest BCUT2D eigenvalue weighted by molar-refractivity contribution is -0.126. The third kappa shape index (κ3) is 4.18. The van der Waals surface area contributed by atoms with Gasteiger partial charge in [-0.1, -0.05) is 30.3 Å². The van der Waals surface area contributed by atoms with Gasteiger partial charge >= 0.3 is 5.97 Å². The highest BCUT2D eigenvalue weighted by atomic mass is 16.5. The number of hydrogen-bond acceptors (Lipinski definition) is 5. The molecule has 0 saturated carbocycles. The summed E-state index contributed by atoms with van der Waals surface area (Å²) in [5.74, 6) is -0.711. The quantitative estimate of drug-likeness (QED) is 0.626. The number of para-hydroxylation sites is 1. The molecule has 29 heavy (non-hydrogen) atoms. The third-order valence-electron chi connectivity index (χ3n) is 5.01. The molecule has 2 aromatic carbocycles. The molecule has 0 saturated heterocycles. The van der Waals surface area contributed by atoms with Gasteiger partial charge in [0.05, 0.1) is 12.1 Å². The Morgan fingerprint density at radius 3 is 2.69 bits per heavy atom. The van der Waals surface area contributed by atoms with Gasteiger partial charge in [-0.2, -0.15) is 5.10 Å². The van der Waals surface area contributed by atoms with Gasteiger partial charge in [0.1, 0.15) is 12.7 Å². The van der Waals surface area contributed by atoms with E-state index in [4.69, 9.17) is 4.74 Å². The number of fused-ring (bicyclic) bond motifs is 1. The molecule has 1 unspecified atom stereocenters. The van der Waals surface area contributed by atoms with Crippen molar-refractivity contribution in [3.63, 3.8) is 0 Å². The zero-order chi connectivity index (χ0) is 20.2. The van der Waals surface area contributed by atoms with Crippen molar-refractivity contribution >= 4 is 17.6 Å². The predicted molar refractivity (Wildman–Crippen MR) is 108 cm³/mol. The lowest BCUT2D eigenvalue weighted by Gasteiger charge is -2.31. The minimum atomic E-state index is -0.858. The van der Waals surface area contributed by atoms with Crippen LogP contribution >= 0.6 is 0 Å². The number of carbonyl (C=O) groups excluding carboxylic acids is 2. The number of amides is 1. The Morgan fingerprint density at radius 2 is 1.93 bits per heavy atom. The molecule has 7 heteroatoms. The SMILES string of the molecule is CC(OC(=O)c1ccc(Cn2cncn2)cc1)C(=O)N1CCCc2ccccc21. The topological polar surface area (TPSA) is 77.3 Å². The maximum absolute atomic E-state index is 12.9. The number of ether oxygens (including phenoxy) is 1. The van der Waals surface area contributed by atoms with Gasteiger partial charge in [-0.15, -0.1) is 0 Å². The first kappa shape index (κ1) is 18.9. The fourth-order valence-electron chi connectivity index (χ4n) is 3.51. The second-order valence-electron chi connectivity index (χ2n) is 7.06. The third-order valence-corrected chi connectivity index (χ3v) is 5.01. The minimum Gasteiger partial charge on any atom is -0.449 e. The zero-order valence-corrected chi connectivity index (χ0v) is 16.2. The van der Waals surface area contributed by atoms with Gasteiger partial charge in [-0.05, 0) is 49.1 Å². The van der Waals surface area contributed by atoms with E-state index < -0.39 is 12.1 Å². The summed E-state index contributed by atoms with van der Waals surface area (Å²) in [4.78, 5) is 31.0. The number of carbonyl (C=O) groups is 2. The van der Waals surface area contributed by atoms with Crippen LogP contribution in [0.25, 0.3) is 0 Å². The van der Waals surface area contributed by atoms with E-state index in [1.165, 1.54) is 6.33 Å². The summed E-state index contributed by atoms with van der Waals surface area (Å²) < 4.78 is 7.15. The molecule has 1 amide bonds. The van der Waals surface area contributed by atoms with Crippen LogP contribution in [-0.4, -0.2) is 39.3 Å². The van der Waals surface area contributed by atoms with Crippen LogP contribution in [0.15, 0.2) is 61.2 Å². The van der Waals surface area contributed by atoms with Gasteiger partial charge in [-0.3, -0.25) is 4.79 Å². The zero-order valence-electron chi connectivity index (χ0n) is 16.2. The van der Waals surface area contributed by atoms with E-state index in [0.29, 0.717) is 18.7 Å². The van der Waals surface area contributed by atoms with Crippen LogP contribution in [0.3, 0.4) is 0 Å². The number of nitrogens with zero attached hydrogens (tertiary/aromatic N) is 4. The first-order valence-corrected chi connectivity index (χ1v) is 9.63. The summed E-state index contributed by atoms with van der Waals surface area (Å²) in [6, 6.07) is 14.9. The molecular weight excluding hydrogens is 368 g/mol. The first-order chi connectivity index (χ1) is 14.1. The van der Waals surface area contributed by atoms with Crippen molar-refractivity contribution in [2.45, 2.75) is 32.4 Å². The molecule has 1 atom stereocenters. The molecule has 148 valence electrons. The summed E-state index contributed by atoms with van der Waals surface area (Å²) >= 11 is 0. The van der Waals surface area contributed by atoms with Crippen molar-refractivity contribution in [3.05, 3.63) is 77.9 Å². The minimum absolute atomic E-state index is 0.201. The van der Waals surface area contributed by atoms with Crippen molar-refractivity contribution < 1.29 is 14.3 Å². The summed E-state index contributed by atoms with van der Waals surface area (Å²) in [6.45, 7) is 2.82. The molecule has 0 N–H and O–H groups in total. The van der Waals surface area contributed by atoms with Crippen molar-refractivity contribution in [3.8, 4) is 0 Å². The van der Waals surface area contributed by atoms with E-state index in [1.807, 2.05) is 36.4 Å². The van der Waals surface area contributed by atoms with E-state index >= 15 is 0 Å². The maximum atomic E-state index is 12.9. The van der Waals surface area contributed by atoms with Crippen LogP contribution in [-0.2, 0) is 22.5 Å². The molecule has 4 rings (SSSR count). The predicted octanol–water partition coefficient (Wildman–Crippen LogP) is 2.85. The molecule has 3 aromatic rings. The van der Waals surface area contributed by atoms with E-state index in [1.54, 1.807) is 35.0 Å². The van der Waals surface area contributed by atoms with Gasteiger partial charge in [0, 0.05) is 12.2 Å². The number of aromatic nitrogens is 3. The Balaban J connectivity index is 1.40. The molecule has 7 nitrogen and oxygen atoms in total. The van der Waals surface area contributed by atoms with Crippen molar-refractivity contribution in [2.24, 2.45) is 0 Å². The van der Waals surface area contributed by atoms with Crippen LogP contribution < -0.4 is 4.90 Å². The summed E-state index contributed by atoms with van der Waals surface area (Å²) in [7, 11) is 0. The summed E-state index contributed by atoms with van der Waals surface area (Å²) in [5.41, 5.74) is 3.45. The molecule has 1 aliphatic rings. The van der Waals surface area contributed by atoms with Gasteiger partial charge in [-0.25, -0.2) is 14.5 Å².